The summed E-state index contributed by atoms with van der Waals surface area (Å²) in [6.07, 6.45) is 8.56. The highest BCUT2D eigenvalue weighted by atomic mass is 32.3. The molecule has 0 aromatic carbocycles. The van der Waals surface area contributed by atoms with Gasteiger partial charge in [-0.1, -0.05) is 24.3 Å². The van der Waals surface area contributed by atoms with E-state index in [1.807, 2.05) is 0 Å². The van der Waals surface area contributed by atoms with Gasteiger partial charge in [-0.3, -0.25) is 0 Å². The summed E-state index contributed by atoms with van der Waals surface area (Å²) in [5, 5.41) is 11.6. The van der Waals surface area contributed by atoms with Gasteiger partial charge in [0.2, 0.25) is 0 Å². The van der Waals surface area contributed by atoms with Gasteiger partial charge in [0.1, 0.15) is 0 Å². The Morgan fingerprint density at radius 1 is 0.636 bits per heavy atom. The third-order valence-corrected chi connectivity index (χ3v) is 5.72. The first-order chi connectivity index (χ1) is 5.45. The Bertz CT molecular complexity index is 198. The van der Waals surface area contributed by atoms with Gasteiger partial charge in [-0.15, -0.1) is 0 Å². The van der Waals surface area contributed by atoms with Crippen molar-refractivity contribution in [1.82, 2.24) is 0 Å². The maximum absolute atomic E-state index is 2.46. The first-order valence-electron chi connectivity index (χ1n) is 3.55. The molecule has 0 nitrogen and oxygen atoms in total. The molecule has 0 aromatic rings. The third-order valence-electron chi connectivity index (χ3n) is 1.52. The van der Waals surface area contributed by atoms with Gasteiger partial charge in [0.25, 0.3) is 0 Å². The molecular weight excluding hydrogens is 172 g/mol. The largest absolute Gasteiger partial charge is 0.200 e. The molecule has 11 heavy (non-hydrogen) atoms. The summed E-state index contributed by atoms with van der Waals surface area (Å²) < 4.78 is 0. The Balaban J connectivity index is 1.90. The minimum Gasteiger partial charge on any atom is -0.200 e. The fraction of sp³-hybridized carbons (Fsp3) is 0. The van der Waals surface area contributed by atoms with Crippen molar-refractivity contribution in [3.8, 4) is 0 Å². The van der Waals surface area contributed by atoms with Gasteiger partial charge in [0, 0.05) is 5.08 Å². The van der Waals surface area contributed by atoms with E-state index in [0.29, 0.717) is 0 Å². The number of allylic oxidation sites excluding steroid dienone is 4. The second-order valence-electron chi connectivity index (χ2n) is 2.38. The summed E-state index contributed by atoms with van der Waals surface area (Å²) >= 11 is 0. The molecule has 0 aromatic heterocycles. The quantitative estimate of drug-likeness (QED) is 0.604. The van der Waals surface area contributed by atoms with Gasteiger partial charge in [-0.25, -0.2) is 21.8 Å². The zero-order valence-electron chi connectivity index (χ0n) is 6.09. The zero-order valence-corrected chi connectivity index (χ0v) is 7.88. The molecule has 0 aliphatic carbocycles. The molecule has 0 fully saturated rings. The monoisotopic (exact) mass is 183 g/mol. The topological polar surface area (TPSA) is 0 Å². The average molecular weight is 183 g/mol. The molecule has 0 bridgehead atoms. The Morgan fingerprint density at radius 2 is 1.00 bits per heavy atom. The summed E-state index contributed by atoms with van der Waals surface area (Å²) in [5.74, 6) is 0. The molecule has 2 aliphatic heterocycles. The van der Waals surface area contributed by atoms with Crippen LogP contribution in [0.25, 0.3) is 0 Å². The maximum atomic E-state index is 2.46. The van der Waals surface area contributed by atoms with E-state index in [4.69, 9.17) is 0 Å². The molecule has 1 radical (unpaired) electrons. The van der Waals surface area contributed by atoms with Gasteiger partial charge in [-0.2, -0.15) is 0 Å². The first-order valence-corrected chi connectivity index (χ1v) is 6.65. The van der Waals surface area contributed by atoms with E-state index < -0.39 is 0 Å². The average Bonchev–Trinajstić information content (AvgIpc) is 2.60. The van der Waals surface area contributed by atoms with Crippen LogP contribution in [0.3, 0.4) is 0 Å². The predicted octanol–water partition coefficient (Wildman–Crippen LogP) is 3.19. The van der Waals surface area contributed by atoms with Gasteiger partial charge >= 0.3 is 0 Å². The van der Waals surface area contributed by atoms with E-state index in [1.54, 1.807) is 0 Å². The molecule has 0 amide bonds. The van der Waals surface area contributed by atoms with Gasteiger partial charge in [0.05, 0.1) is 0 Å². The van der Waals surface area contributed by atoms with Crippen molar-refractivity contribution in [2.45, 2.75) is 0 Å². The van der Waals surface area contributed by atoms with E-state index in [0.717, 1.165) is 0 Å². The molecule has 2 heterocycles. The number of thiol groups is 2. The SMILES string of the molecule is [CH]([SH]1C=CC=C1)[SH]1C=CC=C1. The van der Waals surface area contributed by atoms with Crippen molar-refractivity contribution in [3.05, 3.63) is 51.0 Å². The number of rotatable bonds is 2. The van der Waals surface area contributed by atoms with Crippen LogP contribution in [0.15, 0.2) is 45.9 Å². The van der Waals surface area contributed by atoms with Crippen LogP contribution < -0.4 is 0 Å². The molecule has 0 atom stereocenters. The van der Waals surface area contributed by atoms with Crippen molar-refractivity contribution in [2.75, 3.05) is 0 Å². The predicted molar refractivity (Wildman–Crippen MR) is 58.8 cm³/mol. The lowest BCUT2D eigenvalue weighted by Crippen LogP contribution is -1.68. The highest BCUT2D eigenvalue weighted by Crippen LogP contribution is 2.50. The summed E-state index contributed by atoms with van der Waals surface area (Å²) in [5.41, 5.74) is 0. The van der Waals surface area contributed by atoms with Crippen LogP contribution in [-0.2, 0) is 0 Å². The zero-order chi connectivity index (χ0) is 7.52. The number of hydrogen-bond donors (Lipinski definition) is 2. The minimum atomic E-state index is -0.0159. The van der Waals surface area contributed by atoms with Crippen LogP contribution in [-0.4, -0.2) is 0 Å². The van der Waals surface area contributed by atoms with E-state index in [1.165, 1.54) is 0 Å². The second-order valence-corrected chi connectivity index (χ2v) is 6.28. The van der Waals surface area contributed by atoms with Crippen molar-refractivity contribution in [1.29, 1.82) is 0 Å². The van der Waals surface area contributed by atoms with E-state index in [-0.39, 0.29) is 21.8 Å². The fourth-order valence-corrected chi connectivity index (χ4v) is 4.86. The van der Waals surface area contributed by atoms with Crippen LogP contribution in [0.4, 0.5) is 0 Å². The minimum absolute atomic E-state index is 0.0159. The van der Waals surface area contributed by atoms with Crippen LogP contribution in [0.1, 0.15) is 0 Å². The van der Waals surface area contributed by atoms with Crippen molar-refractivity contribution in [2.24, 2.45) is 0 Å². The summed E-state index contributed by atoms with van der Waals surface area (Å²) in [6.45, 7) is 0. The van der Waals surface area contributed by atoms with E-state index in [2.05, 4.69) is 51.0 Å². The van der Waals surface area contributed by atoms with Gasteiger partial charge in [-0.05, 0) is 21.6 Å². The fourth-order valence-electron chi connectivity index (χ4n) is 1.00. The lowest BCUT2D eigenvalue weighted by molar-refractivity contribution is 2.15. The molecule has 59 valence electrons. The van der Waals surface area contributed by atoms with Crippen LogP contribution in [0.5, 0.6) is 0 Å². The second kappa shape index (κ2) is 3.37. The van der Waals surface area contributed by atoms with E-state index in [9.17, 15) is 0 Å². The molecular formula is C9H11S2. The summed E-state index contributed by atoms with van der Waals surface area (Å²) in [6, 6.07) is 0. The first kappa shape index (κ1) is 7.32. The Hall–Kier alpha value is -0.340. The van der Waals surface area contributed by atoms with E-state index >= 15 is 0 Å². The van der Waals surface area contributed by atoms with Crippen LogP contribution in [0.2, 0.25) is 0 Å². The smallest absolute Gasteiger partial charge is 0.0464 e. The highest BCUT2D eigenvalue weighted by Gasteiger charge is 2.04. The molecule has 2 aliphatic rings. The molecule has 0 spiro atoms. The Morgan fingerprint density at radius 3 is 1.36 bits per heavy atom. The normalized spacial score (nSPS) is 25.8. The summed E-state index contributed by atoms with van der Waals surface area (Å²) in [4.78, 5) is 0. The van der Waals surface area contributed by atoms with Gasteiger partial charge in [0.15, 0.2) is 0 Å². The lowest BCUT2D eigenvalue weighted by Gasteiger charge is -2.14. The lowest BCUT2D eigenvalue weighted by atomic mass is 10.6. The molecule has 0 saturated heterocycles. The van der Waals surface area contributed by atoms with Crippen molar-refractivity contribution >= 4 is 21.8 Å². The molecule has 0 saturated carbocycles. The Kier molecular flexibility index (Phi) is 2.24. The molecule has 0 N–H and O–H groups in total. The van der Waals surface area contributed by atoms with Crippen LogP contribution >= 0.6 is 21.8 Å². The van der Waals surface area contributed by atoms with Crippen LogP contribution in [0, 0.1) is 5.08 Å². The third kappa shape index (κ3) is 1.82. The Labute approximate surface area is 73.1 Å². The number of hydrogen-bond acceptors (Lipinski definition) is 0. The standard InChI is InChI=1S/C9H11S2/c1-2-6-10(5-1)9-11-7-3-4-8-11/h1-11H. The molecule has 0 unspecified atom stereocenters. The highest BCUT2D eigenvalue weighted by molar-refractivity contribution is 8.40. The van der Waals surface area contributed by atoms with Gasteiger partial charge < -0.3 is 0 Å². The summed E-state index contributed by atoms with van der Waals surface area (Å²) in [7, 11) is -0.0319. The molecule has 2 heteroatoms. The maximum Gasteiger partial charge on any atom is 0.0464 e. The molecule has 2 rings (SSSR count). The van der Waals surface area contributed by atoms with Crippen molar-refractivity contribution < 1.29 is 0 Å². The van der Waals surface area contributed by atoms with Crippen molar-refractivity contribution in [3.63, 3.8) is 0 Å².